The Labute approximate surface area is 152 Å². The average molecular weight is 345 g/mol. The summed E-state index contributed by atoms with van der Waals surface area (Å²) in [5.41, 5.74) is 1.73. The molecule has 26 heavy (non-hydrogen) atoms. The normalized spacial score (nSPS) is 28.7. The van der Waals surface area contributed by atoms with Crippen molar-refractivity contribution in [2.45, 2.75) is 13.0 Å². The predicted octanol–water partition coefficient (Wildman–Crippen LogP) is 3.58. The van der Waals surface area contributed by atoms with E-state index in [9.17, 15) is 9.59 Å². The Kier molecular flexibility index (Phi) is 3.45. The van der Waals surface area contributed by atoms with Crippen molar-refractivity contribution in [3.05, 3.63) is 72.3 Å². The van der Waals surface area contributed by atoms with Gasteiger partial charge in [0.15, 0.2) is 0 Å². The second-order valence-corrected chi connectivity index (χ2v) is 7.28. The molecular formula is C22H19NO3. The van der Waals surface area contributed by atoms with Gasteiger partial charge in [-0.15, -0.1) is 0 Å². The summed E-state index contributed by atoms with van der Waals surface area (Å²) in [5, 5.41) is 0. The van der Waals surface area contributed by atoms with Gasteiger partial charge >= 0.3 is 0 Å². The second kappa shape index (κ2) is 5.84. The van der Waals surface area contributed by atoms with Crippen molar-refractivity contribution < 1.29 is 14.3 Å². The summed E-state index contributed by atoms with van der Waals surface area (Å²) in [4.78, 5) is 27.0. The monoisotopic (exact) mass is 345 g/mol. The SMILES string of the molecule is O=C1[C@@H]2[C@@H](C(=O)N1c1ccc(OCc3ccccc3)cc1)[C@H]1C=C[C@@H]2C1. The van der Waals surface area contributed by atoms with Gasteiger partial charge in [-0.3, -0.25) is 14.5 Å². The third-order valence-electron chi connectivity index (χ3n) is 5.81. The molecule has 1 saturated carbocycles. The van der Waals surface area contributed by atoms with E-state index in [2.05, 4.69) is 12.2 Å². The van der Waals surface area contributed by atoms with E-state index in [4.69, 9.17) is 4.74 Å². The van der Waals surface area contributed by atoms with Gasteiger partial charge in [-0.25, -0.2) is 0 Å². The summed E-state index contributed by atoms with van der Waals surface area (Å²) < 4.78 is 5.78. The number of amides is 2. The fourth-order valence-electron chi connectivity index (χ4n) is 4.59. The highest BCUT2D eigenvalue weighted by molar-refractivity contribution is 6.22. The van der Waals surface area contributed by atoms with Crippen LogP contribution in [0.1, 0.15) is 12.0 Å². The minimum atomic E-state index is -0.161. The van der Waals surface area contributed by atoms with Crippen molar-refractivity contribution in [1.29, 1.82) is 0 Å². The lowest BCUT2D eigenvalue weighted by atomic mass is 9.85. The maximum Gasteiger partial charge on any atom is 0.238 e. The zero-order chi connectivity index (χ0) is 17.7. The number of imide groups is 1. The molecule has 1 saturated heterocycles. The minimum Gasteiger partial charge on any atom is -0.489 e. The van der Waals surface area contributed by atoms with Crippen LogP contribution in [0.15, 0.2) is 66.7 Å². The molecule has 0 radical (unpaired) electrons. The maximum atomic E-state index is 12.8. The molecule has 2 amide bonds. The van der Waals surface area contributed by atoms with Crippen LogP contribution in [0, 0.1) is 23.7 Å². The second-order valence-electron chi connectivity index (χ2n) is 7.28. The molecule has 2 aromatic rings. The van der Waals surface area contributed by atoms with Crippen LogP contribution in [0.2, 0.25) is 0 Å². The largest absolute Gasteiger partial charge is 0.489 e. The highest BCUT2D eigenvalue weighted by Crippen LogP contribution is 2.53. The van der Waals surface area contributed by atoms with Crippen LogP contribution >= 0.6 is 0 Å². The lowest BCUT2D eigenvalue weighted by Gasteiger charge is -2.17. The van der Waals surface area contributed by atoms with E-state index in [1.165, 1.54) is 4.90 Å². The molecule has 0 unspecified atom stereocenters. The minimum absolute atomic E-state index is 0.0465. The Balaban J connectivity index is 1.32. The Bertz CT molecular complexity index is 857. The Hall–Kier alpha value is -2.88. The van der Waals surface area contributed by atoms with Crippen molar-refractivity contribution >= 4 is 17.5 Å². The third-order valence-corrected chi connectivity index (χ3v) is 5.81. The average Bonchev–Trinajstić information content (AvgIpc) is 3.35. The summed E-state index contributed by atoms with van der Waals surface area (Å²) in [5.74, 6) is 0.779. The number of allylic oxidation sites excluding steroid dienone is 2. The van der Waals surface area contributed by atoms with E-state index in [0.29, 0.717) is 12.3 Å². The molecule has 130 valence electrons. The number of hydrogen-bond donors (Lipinski definition) is 0. The number of ether oxygens (including phenoxy) is 1. The van der Waals surface area contributed by atoms with Crippen LogP contribution in [0.25, 0.3) is 0 Å². The van der Waals surface area contributed by atoms with Crippen molar-refractivity contribution in [2.24, 2.45) is 23.7 Å². The van der Waals surface area contributed by atoms with Crippen LogP contribution in [0.3, 0.4) is 0 Å². The molecule has 2 aromatic carbocycles. The van der Waals surface area contributed by atoms with E-state index in [0.717, 1.165) is 17.7 Å². The van der Waals surface area contributed by atoms with Crippen LogP contribution < -0.4 is 9.64 Å². The number of anilines is 1. The first-order valence-electron chi connectivity index (χ1n) is 9.05. The van der Waals surface area contributed by atoms with Crippen LogP contribution in [-0.4, -0.2) is 11.8 Å². The number of hydrogen-bond acceptors (Lipinski definition) is 3. The molecule has 0 N–H and O–H groups in total. The van der Waals surface area contributed by atoms with Gasteiger partial charge in [-0.05, 0) is 48.1 Å². The molecule has 5 rings (SSSR count). The molecule has 4 heteroatoms. The van der Waals surface area contributed by atoms with E-state index >= 15 is 0 Å². The number of nitrogens with zero attached hydrogens (tertiary/aromatic N) is 1. The Morgan fingerprint density at radius 3 is 2.08 bits per heavy atom. The quantitative estimate of drug-likeness (QED) is 0.629. The van der Waals surface area contributed by atoms with Gasteiger partial charge in [0.05, 0.1) is 17.5 Å². The van der Waals surface area contributed by atoms with Gasteiger partial charge < -0.3 is 4.74 Å². The third kappa shape index (κ3) is 2.29. The van der Waals surface area contributed by atoms with E-state index in [-0.39, 0.29) is 35.5 Å². The predicted molar refractivity (Wildman–Crippen MR) is 97.4 cm³/mol. The van der Waals surface area contributed by atoms with E-state index in [1.54, 1.807) is 12.1 Å². The van der Waals surface area contributed by atoms with Crippen molar-refractivity contribution in [3.63, 3.8) is 0 Å². The molecule has 4 atom stereocenters. The summed E-state index contributed by atoms with van der Waals surface area (Å²) in [6, 6.07) is 17.2. The molecule has 1 heterocycles. The summed E-state index contributed by atoms with van der Waals surface area (Å²) >= 11 is 0. The fraction of sp³-hybridized carbons (Fsp3) is 0.273. The molecule has 0 aromatic heterocycles. The first kappa shape index (κ1) is 15.4. The lowest BCUT2D eigenvalue weighted by Crippen LogP contribution is -2.32. The first-order chi connectivity index (χ1) is 12.7. The van der Waals surface area contributed by atoms with Crippen molar-refractivity contribution in [1.82, 2.24) is 0 Å². The molecule has 2 fully saturated rings. The number of rotatable bonds is 4. The summed E-state index contributed by atoms with van der Waals surface area (Å²) in [6.07, 6.45) is 5.18. The molecule has 3 aliphatic rings. The Morgan fingerprint density at radius 2 is 1.46 bits per heavy atom. The maximum absolute atomic E-state index is 12.8. The highest BCUT2D eigenvalue weighted by Gasteiger charge is 2.59. The standard InChI is InChI=1S/C22H19NO3/c24-21-19-15-6-7-16(12-15)20(19)22(25)23(21)17-8-10-18(11-9-17)26-13-14-4-2-1-3-5-14/h1-11,15-16,19-20H,12-13H2/t15-,16+,19-,20-/m0/s1. The van der Waals surface area contributed by atoms with Gasteiger partial charge in [-0.1, -0.05) is 42.5 Å². The Morgan fingerprint density at radius 1 is 0.846 bits per heavy atom. The zero-order valence-electron chi connectivity index (χ0n) is 14.2. The van der Waals surface area contributed by atoms with E-state index in [1.807, 2.05) is 42.5 Å². The van der Waals surface area contributed by atoms with Crippen LogP contribution in [0.5, 0.6) is 5.75 Å². The van der Waals surface area contributed by atoms with Crippen molar-refractivity contribution in [2.75, 3.05) is 4.90 Å². The lowest BCUT2D eigenvalue weighted by molar-refractivity contribution is -0.123. The molecule has 2 bridgehead atoms. The van der Waals surface area contributed by atoms with Crippen LogP contribution in [0.4, 0.5) is 5.69 Å². The molecule has 4 nitrogen and oxygen atoms in total. The molecule has 2 aliphatic carbocycles. The van der Waals surface area contributed by atoms with Gasteiger partial charge in [-0.2, -0.15) is 0 Å². The van der Waals surface area contributed by atoms with Gasteiger partial charge in [0.1, 0.15) is 12.4 Å². The molecule has 1 aliphatic heterocycles. The van der Waals surface area contributed by atoms with E-state index < -0.39 is 0 Å². The number of carbonyl (C=O) groups excluding carboxylic acids is 2. The fourth-order valence-corrected chi connectivity index (χ4v) is 4.59. The topological polar surface area (TPSA) is 46.6 Å². The highest BCUT2D eigenvalue weighted by atomic mass is 16.5. The first-order valence-corrected chi connectivity index (χ1v) is 9.05. The number of benzene rings is 2. The van der Waals surface area contributed by atoms with Crippen molar-refractivity contribution in [3.8, 4) is 5.75 Å². The van der Waals surface area contributed by atoms with Crippen LogP contribution in [-0.2, 0) is 16.2 Å². The summed E-state index contributed by atoms with van der Waals surface area (Å²) in [7, 11) is 0. The molecule has 0 spiro atoms. The van der Waals surface area contributed by atoms with Gasteiger partial charge in [0, 0.05) is 0 Å². The summed E-state index contributed by atoms with van der Waals surface area (Å²) in [6.45, 7) is 0.487. The van der Waals surface area contributed by atoms with Gasteiger partial charge in [0.2, 0.25) is 11.8 Å². The van der Waals surface area contributed by atoms with Gasteiger partial charge in [0.25, 0.3) is 0 Å². The number of fused-ring (bicyclic) bond motifs is 5. The zero-order valence-corrected chi connectivity index (χ0v) is 14.2. The molecular weight excluding hydrogens is 326 g/mol. The number of carbonyl (C=O) groups is 2. The smallest absolute Gasteiger partial charge is 0.238 e.